The van der Waals surface area contributed by atoms with E-state index in [9.17, 15) is 8.42 Å². The van der Waals surface area contributed by atoms with Crippen LogP contribution in [0.25, 0.3) is 0 Å². The van der Waals surface area contributed by atoms with Crippen LogP contribution in [0.3, 0.4) is 0 Å². The molecule has 0 aliphatic heterocycles. The third-order valence-electron chi connectivity index (χ3n) is 2.39. The lowest BCUT2D eigenvalue weighted by atomic mass is 10.2. The topological polar surface area (TPSA) is 46.2 Å². The lowest BCUT2D eigenvalue weighted by Gasteiger charge is -2.03. The van der Waals surface area contributed by atoms with Gasteiger partial charge in [0.1, 0.15) is 4.21 Å². The van der Waals surface area contributed by atoms with Gasteiger partial charge in [0.25, 0.3) is 0 Å². The number of sulfonamides is 1. The quantitative estimate of drug-likeness (QED) is 0.882. The SMILES string of the molecule is Cc1cc(S(=O)(=O)NCCc2ccsc2)sc1Br. The Hall–Kier alpha value is -0.210. The zero-order valence-electron chi connectivity index (χ0n) is 9.64. The van der Waals surface area contributed by atoms with Crippen molar-refractivity contribution < 1.29 is 8.42 Å². The summed E-state index contributed by atoms with van der Waals surface area (Å²) in [4.78, 5) is 0. The van der Waals surface area contributed by atoms with E-state index in [0.29, 0.717) is 17.2 Å². The predicted molar refractivity (Wildman–Crippen MR) is 80.0 cm³/mol. The van der Waals surface area contributed by atoms with E-state index in [2.05, 4.69) is 20.7 Å². The molecule has 2 rings (SSSR count). The monoisotopic (exact) mass is 365 g/mol. The Kier molecular flexibility index (Phi) is 4.60. The van der Waals surface area contributed by atoms with Gasteiger partial charge in [-0.15, -0.1) is 11.3 Å². The Morgan fingerprint density at radius 3 is 2.78 bits per heavy atom. The van der Waals surface area contributed by atoms with Crippen molar-refractivity contribution in [2.24, 2.45) is 0 Å². The number of hydrogen-bond acceptors (Lipinski definition) is 4. The third kappa shape index (κ3) is 3.42. The van der Waals surface area contributed by atoms with Gasteiger partial charge in [-0.25, -0.2) is 13.1 Å². The minimum absolute atomic E-state index is 0.359. The molecule has 0 saturated heterocycles. The molecule has 0 aliphatic carbocycles. The van der Waals surface area contributed by atoms with Crippen LogP contribution in [0.4, 0.5) is 0 Å². The summed E-state index contributed by atoms with van der Waals surface area (Å²) in [5.74, 6) is 0. The van der Waals surface area contributed by atoms with Gasteiger partial charge in [0.05, 0.1) is 3.79 Å². The molecular formula is C11H12BrNO2S3. The van der Waals surface area contributed by atoms with Gasteiger partial charge in [-0.1, -0.05) is 0 Å². The molecule has 0 amide bonds. The van der Waals surface area contributed by atoms with Gasteiger partial charge in [-0.2, -0.15) is 11.3 Å². The largest absolute Gasteiger partial charge is 0.250 e. The first-order chi connectivity index (χ1) is 8.49. The molecule has 0 fully saturated rings. The molecule has 3 nitrogen and oxygen atoms in total. The summed E-state index contributed by atoms with van der Waals surface area (Å²) in [6.45, 7) is 2.30. The maximum atomic E-state index is 12.0. The minimum Gasteiger partial charge on any atom is -0.210 e. The minimum atomic E-state index is -3.37. The summed E-state index contributed by atoms with van der Waals surface area (Å²) in [6.07, 6.45) is 0.717. The van der Waals surface area contributed by atoms with Crippen LogP contribution < -0.4 is 4.72 Å². The van der Waals surface area contributed by atoms with Crippen LogP contribution in [0, 0.1) is 6.92 Å². The number of nitrogens with one attached hydrogen (secondary N) is 1. The summed E-state index contributed by atoms with van der Waals surface area (Å²) in [5.41, 5.74) is 2.10. The second-order valence-electron chi connectivity index (χ2n) is 3.80. The van der Waals surface area contributed by atoms with E-state index in [0.717, 1.165) is 14.9 Å². The molecule has 0 radical (unpaired) electrons. The highest BCUT2D eigenvalue weighted by Gasteiger charge is 2.17. The first kappa shape index (κ1) is 14.2. The first-order valence-corrected chi connectivity index (χ1v) is 9.29. The molecule has 18 heavy (non-hydrogen) atoms. The van der Waals surface area contributed by atoms with E-state index < -0.39 is 10.0 Å². The molecular weight excluding hydrogens is 354 g/mol. The van der Waals surface area contributed by atoms with E-state index in [4.69, 9.17) is 0 Å². The van der Waals surface area contributed by atoms with E-state index in [1.165, 1.54) is 11.3 Å². The molecule has 0 bridgehead atoms. The highest BCUT2D eigenvalue weighted by molar-refractivity contribution is 9.11. The van der Waals surface area contributed by atoms with Crippen molar-refractivity contribution >= 4 is 48.6 Å². The molecule has 7 heteroatoms. The highest BCUT2D eigenvalue weighted by atomic mass is 79.9. The third-order valence-corrected chi connectivity index (χ3v) is 7.19. The molecule has 1 N–H and O–H groups in total. The van der Waals surface area contributed by atoms with Crippen molar-refractivity contribution in [2.45, 2.75) is 17.6 Å². The lowest BCUT2D eigenvalue weighted by Crippen LogP contribution is -2.25. The van der Waals surface area contributed by atoms with Crippen LogP contribution in [-0.4, -0.2) is 15.0 Å². The summed E-state index contributed by atoms with van der Waals surface area (Å²) < 4.78 is 27.9. The van der Waals surface area contributed by atoms with Crippen molar-refractivity contribution in [3.05, 3.63) is 37.8 Å². The summed E-state index contributed by atoms with van der Waals surface area (Å²) in [5, 5.41) is 4.02. The molecule has 0 unspecified atom stereocenters. The predicted octanol–water partition coefficient (Wildman–Crippen LogP) is 3.40. The molecule has 0 saturated carbocycles. The van der Waals surface area contributed by atoms with Crippen LogP contribution in [0.5, 0.6) is 0 Å². The molecule has 98 valence electrons. The van der Waals surface area contributed by atoms with E-state index in [1.807, 2.05) is 23.8 Å². The molecule has 0 aliphatic rings. The van der Waals surface area contributed by atoms with Crippen molar-refractivity contribution in [3.63, 3.8) is 0 Å². The summed E-state index contributed by atoms with van der Waals surface area (Å²) in [6, 6.07) is 3.69. The van der Waals surface area contributed by atoms with Gasteiger partial charge >= 0.3 is 0 Å². The van der Waals surface area contributed by atoms with Crippen LogP contribution >= 0.6 is 38.6 Å². The van der Waals surface area contributed by atoms with Gasteiger partial charge in [0.15, 0.2) is 0 Å². The molecule has 2 aromatic heterocycles. The number of halogens is 1. The number of aryl methyl sites for hydroxylation is 1. The maximum absolute atomic E-state index is 12.0. The fraction of sp³-hybridized carbons (Fsp3) is 0.273. The number of thiophene rings is 2. The van der Waals surface area contributed by atoms with Gasteiger partial charge in [-0.05, 0) is 63.3 Å². The summed E-state index contributed by atoms with van der Waals surface area (Å²) in [7, 11) is -3.37. The average Bonchev–Trinajstić information content (AvgIpc) is 2.90. The Balaban J connectivity index is 1.99. The Bertz CT molecular complexity index is 597. The standard InChI is InChI=1S/C11H12BrNO2S3/c1-8-6-10(17-11(8)12)18(14,15)13-4-2-9-3-5-16-7-9/h3,5-7,13H,2,4H2,1H3. The number of rotatable bonds is 5. The molecule has 0 spiro atoms. The van der Waals surface area contributed by atoms with Crippen molar-refractivity contribution in [2.75, 3.05) is 6.54 Å². The zero-order valence-corrected chi connectivity index (χ0v) is 13.7. The van der Waals surface area contributed by atoms with Gasteiger partial charge in [-0.3, -0.25) is 0 Å². The van der Waals surface area contributed by atoms with Crippen LogP contribution in [0.15, 0.2) is 30.9 Å². The van der Waals surface area contributed by atoms with Gasteiger partial charge < -0.3 is 0 Å². The molecule has 2 aromatic rings. The normalized spacial score (nSPS) is 11.9. The van der Waals surface area contributed by atoms with Crippen LogP contribution in [0.2, 0.25) is 0 Å². The van der Waals surface area contributed by atoms with Crippen LogP contribution in [0.1, 0.15) is 11.1 Å². The van der Waals surface area contributed by atoms with Crippen molar-refractivity contribution in [1.29, 1.82) is 0 Å². The van der Waals surface area contributed by atoms with E-state index >= 15 is 0 Å². The molecule has 2 heterocycles. The highest BCUT2D eigenvalue weighted by Crippen LogP contribution is 2.30. The summed E-state index contributed by atoms with van der Waals surface area (Å²) >= 11 is 6.19. The van der Waals surface area contributed by atoms with E-state index in [1.54, 1.807) is 17.4 Å². The lowest BCUT2D eigenvalue weighted by molar-refractivity contribution is 0.584. The second-order valence-corrected chi connectivity index (χ2v) is 8.95. The Morgan fingerprint density at radius 2 is 2.22 bits per heavy atom. The fourth-order valence-electron chi connectivity index (χ4n) is 1.40. The fourth-order valence-corrected chi connectivity index (χ4v) is 5.41. The van der Waals surface area contributed by atoms with Gasteiger partial charge in [0.2, 0.25) is 10.0 Å². The smallest absolute Gasteiger partial charge is 0.210 e. The molecule has 0 atom stereocenters. The zero-order chi connectivity index (χ0) is 13.2. The average molecular weight is 366 g/mol. The maximum Gasteiger partial charge on any atom is 0.250 e. The van der Waals surface area contributed by atoms with Crippen molar-refractivity contribution in [1.82, 2.24) is 4.72 Å². The van der Waals surface area contributed by atoms with Gasteiger partial charge in [0, 0.05) is 6.54 Å². The second kappa shape index (κ2) is 5.83. The first-order valence-electron chi connectivity index (χ1n) is 5.26. The Labute approximate surface area is 123 Å². The van der Waals surface area contributed by atoms with E-state index in [-0.39, 0.29) is 0 Å². The van der Waals surface area contributed by atoms with Crippen molar-refractivity contribution in [3.8, 4) is 0 Å². The molecule has 0 aromatic carbocycles. The van der Waals surface area contributed by atoms with Crippen LogP contribution in [-0.2, 0) is 16.4 Å². The number of hydrogen-bond donors (Lipinski definition) is 1. The Morgan fingerprint density at radius 1 is 1.44 bits per heavy atom.